The summed E-state index contributed by atoms with van der Waals surface area (Å²) in [6.07, 6.45) is 4.74. The van der Waals surface area contributed by atoms with Gasteiger partial charge in [-0.05, 0) is 42.5 Å². The Morgan fingerprint density at radius 1 is 1.15 bits per heavy atom. The Bertz CT molecular complexity index is 1020. The molecule has 0 atom stereocenters. The van der Waals surface area contributed by atoms with Crippen molar-refractivity contribution < 1.29 is 4.79 Å². The van der Waals surface area contributed by atoms with E-state index >= 15 is 0 Å². The molecule has 1 heterocycles. The fraction of sp³-hybridized carbons (Fsp3) is 0. The van der Waals surface area contributed by atoms with Crippen LogP contribution in [0.2, 0.25) is 10.0 Å². The molecule has 2 aromatic carbocycles. The third-order valence-electron chi connectivity index (χ3n) is 3.49. The summed E-state index contributed by atoms with van der Waals surface area (Å²) in [5.41, 5.74) is 1.82. The minimum absolute atomic E-state index is 0.0550. The van der Waals surface area contributed by atoms with Crippen molar-refractivity contribution >= 4 is 40.9 Å². The quantitative estimate of drug-likeness (QED) is 0.523. The molecule has 1 aromatic heterocycles. The zero-order valence-electron chi connectivity index (χ0n) is 13.4. The SMILES string of the molecule is N#C/C(=C\c1cnn(-c2ccc(Cl)cc2)c1)C(=O)Nc1ccccc1Cl. The van der Waals surface area contributed by atoms with E-state index in [1.54, 1.807) is 53.5 Å². The van der Waals surface area contributed by atoms with Crippen LogP contribution >= 0.6 is 23.2 Å². The lowest BCUT2D eigenvalue weighted by atomic mass is 10.2. The Balaban J connectivity index is 1.81. The number of hydrogen-bond donors (Lipinski definition) is 1. The van der Waals surface area contributed by atoms with Crippen molar-refractivity contribution in [2.75, 3.05) is 5.32 Å². The molecule has 7 heteroatoms. The molecule has 1 amide bonds. The van der Waals surface area contributed by atoms with Crippen molar-refractivity contribution in [3.8, 4) is 11.8 Å². The molecule has 0 saturated heterocycles. The van der Waals surface area contributed by atoms with Crippen LogP contribution in [-0.2, 0) is 4.79 Å². The summed E-state index contributed by atoms with van der Waals surface area (Å²) in [5.74, 6) is -0.542. The fourth-order valence-corrected chi connectivity index (χ4v) is 2.52. The molecule has 0 aliphatic heterocycles. The van der Waals surface area contributed by atoms with E-state index in [0.717, 1.165) is 5.69 Å². The van der Waals surface area contributed by atoms with Gasteiger partial charge in [-0.2, -0.15) is 10.4 Å². The minimum Gasteiger partial charge on any atom is -0.320 e. The topological polar surface area (TPSA) is 70.7 Å². The Morgan fingerprint density at radius 2 is 1.88 bits per heavy atom. The smallest absolute Gasteiger partial charge is 0.266 e. The lowest BCUT2D eigenvalue weighted by Gasteiger charge is -2.05. The molecule has 0 aliphatic rings. The normalized spacial score (nSPS) is 11.0. The van der Waals surface area contributed by atoms with E-state index in [-0.39, 0.29) is 5.57 Å². The van der Waals surface area contributed by atoms with Crippen LogP contribution in [0, 0.1) is 11.3 Å². The van der Waals surface area contributed by atoms with E-state index in [4.69, 9.17) is 23.2 Å². The third kappa shape index (κ3) is 4.12. The number of carbonyl (C=O) groups excluding carboxylic acids is 1. The first-order valence-electron chi connectivity index (χ1n) is 7.55. The largest absolute Gasteiger partial charge is 0.320 e. The predicted octanol–water partition coefficient (Wildman–Crippen LogP) is 4.72. The van der Waals surface area contributed by atoms with Crippen molar-refractivity contribution in [2.45, 2.75) is 0 Å². The van der Waals surface area contributed by atoms with Gasteiger partial charge in [0.25, 0.3) is 5.91 Å². The second-order valence-corrected chi connectivity index (χ2v) is 6.14. The molecule has 5 nitrogen and oxygen atoms in total. The monoisotopic (exact) mass is 382 g/mol. The number of hydrogen-bond acceptors (Lipinski definition) is 3. The molecule has 1 N–H and O–H groups in total. The molecule has 0 fully saturated rings. The molecule has 0 spiro atoms. The molecule has 26 heavy (non-hydrogen) atoms. The predicted molar refractivity (Wildman–Crippen MR) is 102 cm³/mol. The van der Waals surface area contributed by atoms with Crippen molar-refractivity contribution in [1.82, 2.24) is 9.78 Å². The lowest BCUT2D eigenvalue weighted by molar-refractivity contribution is -0.112. The van der Waals surface area contributed by atoms with Gasteiger partial charge in [-0.15, -0.1) is 0 Å². The maximum Gasteiger partial charge on any atom is 0.266 e. The van der Waals surface area contributed by atoms with Gasteiger partial charge in [-0.3, -0.25) is 4.79 Å². The minimum atomic E-state index is -0.542. The number of carbonyl (C=O) groups is 1. The van der Waals surface area contributed by atoms with Gasteiger partial charge >= 0.3 is 0 Å². The van der Waals surface area contributed by atoms with Crippen molar-refractivity contribution in [1.29, 1.82) is 5.26 Å². The molecule has 0 aliphatic carbocycles. The summed E-state index contributed by atoms with van der Waals surface area (Å²) in [6.45, 7) is 0. The highest BCUT2D eigenvalue weighted by atomic mass is 35.5. The van der Waals surface area contributed by atoms with Crippen LogP contribution in [-0.4, -0.2) is 15.7 Å². The van der Waals surface area contributed by atoms with E-state index in [2.05, 4.69) is 10.4 Å². The van der Waals surface area contributed by atoms with Gasteiger partial charge in [0.1, 0.15) is 11.6 Å². The van der Waals surface area contributed by atoms with Crippen molar-refractivity contribution in [3.05, 3.63) is 82.1 Å². The van der Waals surface area contributed by atoms with Gasteiger partial charge < -0.3 is 5.32 Å². The maximum atomic E-state index is 12.3. The lowest BCUT2D eigenvalue weighted by Crippen LogP contribution is -2.13. The number of aromatic nitrogens is 2. The Labute approximate surface area is 160 Å². The van der Waals surface area contributed by atoms with Crippen LogP contribution in [0.1, 0.15) is 5.56 Å². The third-order valence-corrected chi connectivity index (χ3v) is 4.07. The summed E-state index contributed by atoms with van der Waals surface area (Å²) in [7, 11) is 0. The van der Waals surface area contributed by atoms with Crippen LogP contribution in [0.15, 0.2) is 66.5 Å². The van der Waals surface area contributed by atoms with E-state index < -0.39 is 5.91 Å². The number of amides is 1. The average Bonchev–Trinajstić information content (AvgIpc) is 3.10. The maximum absolute atomic E-state index is 12.3. The molecular formula is C19H12Cl2N4O. The van der Waals surface area contributed by atoms with Crippen LogP contribution in [0.4, 0.5) is 5.69 Å². The zero-order chi connectivity index (χ0) is 18.5. The Kier molecular flexibility index (Phi) is 5.37. The van der Waals surface area contributed by atoms with Gasteiger partial charge in [0, 0.05) is 16.8 Å². The first-order valence-corrected chi connectivity index (χ1v) is 8.31. The van der Waals surface area contributed by atoms with Crippen molar-refractivity contribution in [3.63, 3.8) is 0 Å². The molecular weight excluding hydrogens is 371 g/mol. The number of nitrogens with one attached hydrogen (secondary N) is 1. The van der Waals surface area contributed by atoms with Crippen LogP contribution in [0.25, 0.3) is 11.8 Å². The number of benzene rings is 2. The summed E-state index contributed by atoms with van der Waals surface area (Å²) < 4.78 is 1.63. The highest BCUT2D eigenvalue weighted by molar-refractivity contribution is 6.34. The molecule has 3 aromatic rings. The van der Waals surface area contributed by atoms with E-state index in [1.165, 1.54) is 6.08 Å². The second kappa shape index (κ2) is 7.87. The highest BCUT2D eigenvalue weighted by Crippen LogP contribution is 2.21. The van der Waals surface area contributed by atoms with Gasteiger partial charge in [-0.1, -0.05) is 35.3 Å². The molecule has 3 rings (SSSR count). The standard InChI is InChI=1S/C19H12Cl2N4O/c20-15-5-7-16(8-6-15)25-12-13(11-23-25)9-14(10-22)19(26)24-18-4-2-1-3-17(18)21/h1-9,11-12H,(H,24,26)/b14-9+. The molecule has 128 valence electrons. The number of rotatable bonds is 4. The first kappa shape index (κ1) is 17.7. The molecule has 0 radical (unpaired) electrons. The fourth-order valence-electron chi connectivity index (χ4n) is 2.21. The van der Waals surface area contributed by atoms with Crippen molar-refractivity contribution in [2.24, 2.45) is 0 Å². The van der Waals surface area contributed by atoms with Crippen LogP contribution < -0.4 is 5.32 Å². The number of para-hydroxylation sites is 1. The molecule has 0 unspecified atom stereocenters. The number of halogens is 2. The summed E-state index contributed by atoms with van der Waals surface area (Å²) >= 11 is 11.9. The van der Waals surface area contributed by atoms with Crippen LogP contribution in [0.5, 0.6) is 0 Å². The Morgan fingerprint density at radius 3 is 2.58 bits per heavy atom. The van der Waals surface area contributed by atoms with Gasteiger partial charge in [0.15, 0.2) is 0 Å². The summed E-state index contributed by atoms with van der Waals surface area (Å²) in [5, 5.41) is 17.2. The van der Waals surface area contributed by atoms with Gasteiger partial charge in [-0.25, -0.2) is 4.68 Å². The van der Waals surface area contributed by atoms with Crippen LogP contribution in [0.3, 0.4) is 0 Å². The summed E-state index contributed by atoms with van der Waals surface area (Å²) in [4.78, 5) is 12.3. The zero-order valence-corrected chi connectivity index (χ0v) is 14.9. The van der Waals surface area contributed by atoms with E-state index in [0.29, 0.717) is 21.3 Å². The summed E-state index contributed by atoms with van der Waals surface area (Å²) in [6, 6.07) is 15.9. The second-order valence-electron chi connectivity index (χ2n) is 5.30. The van der Waals surface area contributed by atoms with Gasteiger partial charge in [0.05, 0.1) is 22.6 Å². The highest BCUT2D eigenvalue weighted by Gasteiger charge is 2.12. The number of anilines is 1. The van der Waals surface area contributed by atoms with E-state index in [9.17, 15) is 10.1 Å². The number of nitriles is 1. The molecule has 0 saturated carbocycles. The van der Waals surface area contributed by atoms with E-state index in [1.807, 2.05) is 18.2 Å². The first-order chi connectivity index (χ1) is 12.6. The average molecular weight is 383 g/mol. The number of nitrogens with zero attached hydrogens (tertiary/aromatic N) is 3. The molecule has 0 bridgehead atoms. The van der Waals surface area contributed by atoms with Gasteiger partial charge in [0.2, 0.25) is 0 Å². The Hall–Kier alpha value is -3.07.